The molecule has 0 aromatic heterocycles. The summed E-state index contributed by atoms with van der Waals surface area (Å²) < 4.78 is 18.3. The summed E-state index contributed by atoms with van der Waals surface area (Å²) in [5.41, 5.74) is 0.607. The SMILES string of the molecule is O=C1C[C@@H](O)[C@@]23Oc4ccc(O)c5c4[C@](Oc4cccc1c42)(O3)[C@H](O)CC5=O. The topological polar surface area (TPSA) is 123 Å². The van der Waals surface area contributed by atoms with Crippen LogP contribution in [0.2, 0.25) is 0 Å². The fourth-order valence-electron chi connectivity index (χ4n) is 4.73. The third-order valence-electron chi connectivity index (χ3n) is 5.91. The van der Waals surface area contributed by atoms with Gasteiger partial charge in [0.2, 0.25) is 0 Å². The number of ether oxygens (including phenoxy) is 3. The van der Waals surface area contributed by atoms with Crippen LogP contribution in [0, 0.1) is 0 Å². The number of phenolic OH excluding ortho intramolecular Hbond substituents is 1. The number of benzene rings is 2. The number of carbonyl (C=O) groups is 2. The first-order valence-electron chi connectivity index (χ1n) is 8.88. The van der Waals surface area contributed by atoms with Crippen molar-refractivity contribution in [3.05, 3.63) is 52.6 Å². The summed E-state index contributed by atoms with van der Waals surface area (Å²) in [6, 6.07) is 7.55. The second kappa shape index (κ2) is 4.72. The third-order valence-corrected chi connectivity index (χ3v) is 5.91. The van der Waals surface area contributed by atoms with Crippen LogP contribution in [0.25, 0.3) is 0 Å². The Morgan fingerprint density at radius 1 is 0.857 bits per heavy atom. The fourth-order valence-corrected chi connectivity index (χ4v) is 4.73. The minimum absolute atomic E-state index is 0.0429. The van der Waals surface area contributed by atoms with Gasteiger partial charge in [0.1, 0.15) is 29.5 Å². The van der Waals surface area contributed by atoms with E-state index in [2.05, 4.69) is 0 Å². The van der Waals surface area contributed by atoms with E-state index >= 15 is 0 Å². The zero-order valence-corrected chi connectivity index (χ0v) is 14.3. The van der Waals surface area contributed by atoms with E-state index < -0.39 is 29.6 Å². The predicted octanol–water partition coefficient (Wildman–Crippen LogP) is 1.09. The number of rotatable bonds is 0. The van der Waals surface area contributed by atoms with Crippen molar-refractivity contribution in [1.82, 2.24) is 0 Å². The summed E-state index contributed by atoms with van der Waals surface area (Å²) >= 11 is 0. The fraction of sp³-hybridized carbons (Fsp3) is 0.300. The molecule has 2 aliphatic heterocycles. The molecule has 2 aliphatic carbocycles. The van der Waals surface area contributed by atoms with Crippen LogP contribution in [0.5, 0.6) is 17.2 Å². The molecule has 2 heterocycles. The molecule has 0 radical (unpaired) electrons. The molecule has 0 saturated carbocycles. The molecular weight excluding hydrogens is 368 g/mol. The van der Waals surface area contributed by atoms with E-state index in [-0.39, 0.29) is 52.6 Å². The molecule has 2 bridgehead atoms. The Bertz CT molecular complexity index is 1110. The molecule has 8 heteroatoms. The molecule has 2 spiro atoms. The number of aliphatic hydroxyl groups is 2. The number of hydrogen-bond acceptors (Lipinski definition) is 8. The number of hydrogen-bond donors (Lipinski definition) is 3. The summed E-state index contributed by atoms with van der Waals surface area (Å²) in [5.74, 6) is -4.31. The maximum absolute atomic E-state index is 12.5. The van der Waals surface area contributed by atoms with Gasteiger partial charge in [-0.3, -0.25) is 14.3 Å². The lowest BCUT2D eigenvalue weighted by atomic mass is 9.76. The first-order valence-corrected chi connectivity index (χ1v) is 8.88. The van der Waals surface area contributed by atoms with Crippen molar-refractivity contribution in [2.75, 3.05) is 0 Å². The molecule has 2 aromatic rings. The monoisotopic (exact) mass is 382 g/mol. The highest BCUT2D eigenvalue weighted by atomic mass is 16.8. The van der Waals surface area contributed by atoms with E-state index in [1.165, 1.54) is 12.1 Å². The number of aromatic hydroxyl groups is 1. The molecule has 3 N–H and O–H groups in total. The summed E-state index contributed by atoms with van der Waals surface area (Å²) in [5, 5.41) is 31.9. The van der Waals surface area contributed by atoms with Crippen LogP contribution in [0.15, 0.2) is 30.3 Å². The average molecular weight is 382 g/mol. The highest BCUT2D eigenvalue weighted by Crippen LogP contribution is 2.61. The first-order chi connectivity index (χ1) is 13.4. The molecule has 4 atom stereocenters. The lowest BCUT2D eigenvalue weighted by molar-refractivity contribution is -0.404. The molecule has 142 valence electrons. The zero-order chi connectivity index (χ0) is 19.4. The van der Waals surface area contributed by atoms with Crippen molar-refractivity contribution in [1.29, 1.82) is 0 Å². The van der Waals surface area contributed by atoms with Crippen LogP contribution < -0.4 is 9.47 Å². The molecular formula is C20H14O8. The maximum Gasteiger partial charge on any atom is 0.271 e. The van der Waals surface area contributed by atoms with Crippen molar-refractivity contribution in [2.45, 2.75) is 36.6 Å². The molecule has 6 rings (SSSR count). The van der Waals surface area contributed by atoms with E-state index in [1.54, 1.807) is 18.2 Å². The maximum atomic E-state index is 12.5. The summed E-state index contributed by atoms with van der Waals surface area (Å²) in [7, 11) is 0. The third kappa shape index (κ3) is 1.59. The molecule has 2 aromatic carbocycles. The lowest BCUT2D eigenvalue weighted by Gasteiger charge is -2.57. The Kier molecular flexibility index (Phi) is 2.71. The second-order valence-corrected chi connectivity index (χ2v) is 7.44. The van der Waals surface area contributed by atoms with Gasteiger partial charge >= 0.3 is 0 Å². The Hall–Kier alpha value is -2.94. The van der Waals surface area contributed by atoms with Crippen molar-refractivity contribution >= 4 is 11.6 Å². The van der Waals surface area contributed by atoms with Crippen LogP contribution in [0.3, 0.4) is 0 Å². The Morgan fingerprint density at radius 3 is 2.25 bits per heavy atom. The van der Waals surface area contributed by atoms with Crippen molar-refractivity contribution in [2.24, 2.45) is 0 Å². The van der Waals surface area contributed by atoms with E-state index in [0.717, 1.165) is 0 Å². The van der Waals surface area contributed by atoms with Gasteiger partial charge in [0.05, 0.1) is 16.7 Å². The Balaban J connectivity index is 1.73. The van der Waals surface area contributed by atoms with E-state index in [1.807, 2.05) is 0 Å². The number of aliphatic hydroxyl groups excluding tert-OH is 2. The van der Waals surface area contributed by atoms with Crippen molar-refractivity contribution < 1.29 is 39.1 Å². The lowest BCUT2D eigenvalue weighted by Crippen LogP contribution is -2.67. The number of Topliss-reactive ketones (excluding diaryl/α,β-unsaturated/α-hetero) is 2. The normalized spacial score (nSPS) is 34.1. The molecule has 0 unspecified atom stereocenters. The number of carbonyl (C=O) groups excluding carboxylic acids is 2. The minimum atomic E-state index is -1.86. The standard InChI is InChI=1S/C20H14O8/c21-9-4-5-13-18-16(9)11(23)7-15(25)20(18)26-12-3-1-2-8-10(22)6-14(24)19(27-13,28-20)17(8)12/h1-5,14-15,21,24-25H,6-7H2/t14-,15-,19+,20-/m1/s1. The van der Waals surface area contributed by atoms with E-state index in [0.29, 0.717) is 5.56 Å². The highest BCUT2D eigenvalue weighted by Gasteiger charge is 2.68. The zero-order valence-electron chi connectivity index (χ0n) is 14.3. The molecule has 8 nitrogen and oxygen atoms in total. The van der Waals surface area contributed by atoms with Crippen LogP contribution in [-0.4, -0.2) is 39.1 Å². The summed E-state index contributed by atoms with van der Waals surface area (Å²) in [4.78, 5) is 24.9. The second-order valence-electron chi connectivity index (χ2n) is 7.44. The van der Waals surface area contributed by atoms with Crippen LogP contribution in [0.1, 0.15) is 44.7 Å². The van der Waals surface area contributed by atoms with Gasteiger partial charge in [-0.2, -0.15) is 0 Å². The smallest absolute Gasteiger partial charge is 0.271 e. The van der Waals surface area contributed by atoms with Gasteiger partial charge in [-0.15, -0.1) is 0 Å². The van der Waals surface area contributed by atoms with Gasteiger partial charge in [0, 0.05) is 18.4 Å². The van der Waals surface area contributed by atoms with Gasteiger partial charge < -0.3 is 24.8 Å². The Morgan fingerprint density at radius 2 is 1.50 bits per heavy atom. The van der Waals surface area contributed by atoms with Gasteiger partial charge in [0.15, 0.2) is 11.6 Å². The molecule has 28 heavy (non-hydrogen) atoms. The van der Waals surface area contributed by atoms with Gasteiger partial charge in [-0.1, -0.05) is 12.1 Å². The summed E-state index contributed by atoms with van der Waals surface area (Å²) in [6.45, 7) is 0. The van der Waals surface area contributed by atoms with Gasteiger partial charge in [0.25, 0.3) is 11.6 Å². The molecule has 4 aliphatic rings. The Labute approximate surface area is 157 Å². The predicted molar refractivity (Wildman–Crippen MR) is 90.2 cm³/mol. The van der Waals surface area contributed by atoms with Gasteiger partial charge in [-0.05, 0) is 18.2 Å². The summed E-state index contributed by atoms with van der Waals surface area (Å²) in [6.07, 6.45) is -3.34. The van der Waals surface area contributed by atoms with Crippen LogP contribution >= 0.6 is 0 Å². The van der Waals surface area contributed by atoms with Gasteiger partial charge in [-0.25, -0.2) is 0 Å². The van der Waals surface area contributed by atoms with Crippen molar-refractivity contribution in [3.8, 4) is 17.2 Å². The number of phenols is 1. The van der Waals surface area contributed by atoms with Crippen LogP contribution in [0.4, 0.5) is 0 Å². The quantitative estimate of drug-likeness (QED) is 0.619. The van der Waals surface area contributed by atoms with Crippen LogP contribution in [-0.2, 0) is 16.3 Å². The van der Waals surface area contributed by atoms with Crippen molar-refractivity contribution in [3.63, 3.8) is 0 Å². The van der Waals surface area contributed by atoms with E-state index in [9.17, 15) is 24.9 Å². The average Bonchev–Trinajstić information content (AvgIpc) is 2.65. The molecule has 0 amide bonds. The number of ketones is 2. The molecule has 0 saturated heterocycles. The first kappa shape index (κ1) is 16.1. The largest absolute Gasteiger partial charge is 0.507 e. The minimum Gasteiger partial charge on any atom is -0.507 e. The highest BCUT2D eigenvalue weighted by molar-refractivity contribution is 6.03. The molecule has 0 fully saturated rings. The van der Waals surface area contributed by atoms with E-state index in [4.69, 9.17) is 14.2 Å².